The molecule has 0 aliphatic heterocycles. The van der Waals surface area contributed by atoms with Crippen LogP contribution in [0.2, 0.25) is 0 Å². The van der Waals surface area contributed by atoms with E-state index in [1.165, 1.54) is 0 Å². The average Bonchev–Trinajstić information content (AvgIpc) is 2.96. The van der Waals surface area contributed by atoms with E-state index >= 15 is 0 Å². The summed E-state index contributed by atoms with van der Waals surface area (Å²) in [6.07, 6.45) is 5.34. The van der Waals surface area contributed by atoms with E-state index in [-0.39, 0.29) is 12.1 Å². The lowest BCUT2D eigenvalue weighted by Crippen LogP contribution is -2.42. The Morgan fingerprint density at radius 1 is 1.30 bits per heavy atom. The Morgan fingerprint density at radius 2 is 2.09 bits per heavy atom. The van der Waals surface area contributed by atoms with Gasteiger partial charge in [-0.1, -0.05) is 0 Å². The molecule has 0 saturated carbocycles. The van der Waals surface area contributed by atoms with Gasteiger partial charge < -0.3 is 15.5 Å². The molecule has 2 amide bonds. The van der Waals surface area contributed by atoms with Gasteiger partial charge in [-0.2, -0.15) is 0 Å². The molecule has 0 aromatic carbocycles. The van der Waals surface area contributed by atoms with Gasteiger partial charge in [0.2, 0.25) is 0 Å². The summed E-state index contributed by atoms with van der Waals surface area (Å²) in [5.41, 5.74) is 0.985. The zero-order chi connectivity index (χ0) is 16.8. The van der Waals surface area contributed by atoms with Crippen molar-refractivity contribution >= 4 is 6.03 Å². The summed E-state index contributed by atoms with van der Waals surface area (Å²) in [6, 6.07) is 3.95. The smallest absolute Gasteiger partial charge is 0.315 e. The molecule has 2 heterocycles. The fourth-order valence-corrected chi connectivity index (χ4v) is 1.99. The second-order valence-corrected chi connectivity index (χ2v) is 5.74. The first-order valence-corrected chi connectivity index (χ1v) is 7.60. The zero-order valence-electron chi connectivity index (χ0n) is 14.1. The van der Waals surface area contributed by atoms with E-state index < -0.39 is 0 Å². The van der Waals surface area contributed by atoms with Gasteiger partial charge in [-0.15, -0.1) is 0 Å². The van der Waals surface area contributed by atoms with Crippen LogP contribution in [0.4, 0.5) is 4.79 Å². The lowest BCUT2D eigenvalue weighted by molar-refractivity contribution is 0.234. The van der Waals surface area contributed by atoms with Crippen LogP contribution in [0.5, 0.6) is 0 Å². The molecule has 0 aliphatic carbocycles. The Balaban J connectivity index is 1.89. The fraction of sp³-hybridized carbons (Fsp3) is 0.438. The number of urea groups is 1. The summed E-state index contributed by atoms with van der Waals surface area (Å²) in [7, 11) is 3.97. The van der Waals surface area contributed by atoms with Crippen molar-refractivity contribution in [2.45, 2.75) is 26.4 Å². The normalized spacial score (nSPS) is 12.2. The summed E-state index contributed by atoms with van der Waals surface area (Å²) in [5.74, 6) is 1.67. The van der Waals surface area contributed by atoms with E-state index in [2.05, 4.69) is 32.4 Å². The number of carbonyl (C=O) groups excluding carboxylic acids is 1. The third kappa shape index (κ3) is 4.79. The summed E-state index contributed by atoms with van der Waals surface area (Å²) in [6.45, 7) is 5.04. The lowest BCUT2D eigenvalue weighted by Gasteiger charge is -2.20. The third-order valence-electron chi connectivity index (χ3n) is 3.78. The van der Waals surface area contributed by atoms with E-state index in [1.807, 2.05) is 43.9 Å². The molecule has 0 spiro atoms. The number of carbonyl (C=O) groups is 1. The molecule has 0 fully saturated rings. The maximum absolute atomic E-state index is 11.8. The third-order valence-corrected chi connectivity index (χ3v) is 3.78. The maximum atomic E-state index is 11.8. The number of likely N-dealkylation sites (N-methyl/N-ethyl adjacent to an activating group) is 1. The summed E-state index contributed by atoms with van der Waals surface area (Å²) < 4.78 is 1.91. The van der Waals surface area contributed by atoms with E-state index in [9.17, 15) is 4.79 Å². The largest absolute Gasteiger partial charge is 0.337 e. The first-order chi connectivity index (χ1) is 11.0. The predicted molar refractivity (Wildman–Crippen MR) is 89.5 cm³/mol. The second-order valence-electron chi connectivity index (χ2n) is 5.74. The van der Waals surface area contributed by atoms with Gasteiger partial charge in [-0.3, -0.25) is 4.57 Å². The number of imidazole rings is 1. The quantitative estimate of drug-likeness (QED) is 0.843. The number of amides is 2. The van der Waals surface area contributed by atoms with Crippen LogP contribution in [0, 0.1) is 6.92 Å². The molecule has 2 N–H and O–H groups in total. The molecule has 1 atom stereocenters. The monoisotopic (exact) mass is 316 g/mol. The second kappa shape index (κ2) is 7.73. The van der Waals surface area contributed by atoms with Crippen molar-refractivity contribution in [2.24, 2.45) is 0 Å². The Bertz CT molecular complexity index is 652. The minimum atomic E-state index is -0.170. The Morgan fingerprint density at radius 3 is 2.74 bits per heavy atom. The van der Waals surface area contributed by atoms with Crippen molar-refractivity contribution in [1.29, 1.82) is 0 Å². The van der Waals surface area contributed by atoms with Crippen LogP contribution < -0.4 is 10.6 Å². The summed E-state index contributed by atoms with van der Waals surface area (Å²) in [4.78, 5) is 22.4. The topological polar surface area (TPSA) is 75.1 Å². The summed E-state index contributed by atoms with van der Waals surface area (Å²) in [5, 5.41) is 5.72. The van der Waals surface area contributed by atoms with Gasteiger partial charge in [0.1, 0.15) is 11.6 Å². The van der Waals surface area contributed by atoms with Crippen molar-refractivity contribution in [3.8, 4) is 5.82 Å². The van der Waals surface area contributed by atoms with Gasteiger partial charge in [0.15, 0.2) is 0 Å². The van der Waals surface area contributed by atoms with Gasteiger partial charge >= 0.3 is 6.03 Å². The van der Waals surface area contributed by atoms with Crippen LogP contribution in [0.15, 0.2) is 30.7 Å². The number of pyridine rings is 1. The van der Waals surface area contributed by atoms with E-state index in [4.69, 9.17) is 0 Å². The molecule has 0 radical (unpaired) electrons. The van der Waals surface area contributed by atoms with Crippen LogP contribution in [-0.2, 0) is 6.54 Å². The zero-order valence-corrected chi connectivity index (χ0v) is 14.1. The SMILES string of the molecule is Cc1nccn1-c1cc(CNC(=O)NC[C@H](C)N(C)C)ccn1. The molecule has 2 aromatic heterocycles. The lowest BCUT2D eigenvalue weighted by atomic mass is 10.2. The highest BCUT2D eigenvalue weighted by atomic mass is 16.2. The molecule has 0 bridgehead atoms. The van der Waals surface area contributed by atoms with E-state index in [0.29, 0.717) is 13.1 Å². The van der Waals surface area contributed by atoms with Crippen molar-refractivity contribution in [3.63, 3.8) is 0 Å². The highest BCUT2D eigenvalue weighted by Gasteiger charge is 2.07. The first-order valence-electron chi connectivity index (χ1n) is 7.60. The first kappa shape index (κ1) is 17.0. The number of hydrogen-bond acceptors (Lipinski definition) is 4. The maximum Gasteiger partial charge on any atom is 0.315 e. The fourth-order valence-electron chi connectivity index (χ4n) is 1.99. The van der Waals surface area contributed by atoms with E-state index in [1.54, 1.807) is 12.4 Å². The number of rotatable bonds is 6. The number of hydrogen-bond donors (Lipinski definition) is 2. The predicted octanol–water partition coefficient (Wildman–Crippen LogP) is 1.33. The highest BCUT2D eigenvalue weighted by molar-refractivity contribution is 5.73. The van der Waals surface area contributed by atoms with Crippen molar-refractivity contribution in [3.05, 3.63) is 42.1 Å². The molecule has 124 valence electrons. The van der Waals surface area contributed by atoms with Crippen LogP contribution >= 0.6 is 0 Å². The number of nitrogens with one attached hydrogen (secondary N) is 2. The Hall–Kier alpha value is -2.41. The average molecular weight is 316 g/mol. The molecule has 2 aromatic rings. The highest BCUT2D eigenvalue weighted by Crippen LogP contribution is 2.09. The minimum absolute atomic E-state index is 0.170. The van der Waals surface area contributed by atoms with Crippen molar-refractivity contribution < 1.29 is 4.79 Å². The van der Waals surface area contributed by atoms with Gasteiger partial charge in [0, 0.05) is 37.7 Å². The number of nitrogens with zero attached hydrogens (tertiary/aromatic N) is 4. The Labute approximate surface area is 136 Å². The van der Waals surface area contributed by atoms with Gasteiger partial charge in [-0.05, 0) is 45.6 Å². The molecular weight excluding hydrogens is 292 g/mol. The van der Waals surface area contributed by atoms with Crippen LogP contribution in [-0.4, -0.2) is 52.1 Å². The standard InChI is InChI=1S/C16H24N6O/c1-12(21(3)4)10-19-16(23)20-11-14-5-6-18-15(9-14)22-8-7-17-13(22)2/h5-9,12H,10-11H2,1-4H3,(H2,19,20,23)/t12-/m0/s1. The molecular formula is C16H24N6O. The van der Waals surface area contributed by atoms with Crippen molar-refractivity contribution in [2.75, 3.05) is 20.6 Å². The molecule has 2 rings (SSSR count). The van der Waals surface area contributed by atoms with Crippen molar-refractivity contribution in [1.82, 2.24) is 30.1 Å². The number of aromatic nitrogens is 3. The number of aryl methyl sites for hydroxylation is 1. The molecule has 0 saturated heterocycles. The molecule has 0 aliphatic rings. The minimum Gasteiger partial charge on any atom is -0.337 e. The van der Waals surface area contributed by atoms with Crippen LogP contribution in [0.3, 0.4) is 0 Å². The Kier molecular flexibility index (Phi) is 5.70. The van der Waals surface area contributed by atoms with E-state index in [0.717, 1.165) is 17.2 Å². The summed E-state index contributed by atoms with van der Waals surface area (Å²) >= 11 is 0. The van der Waals surface area contributed by atoms with Gasteiger partial charge in [0.25, 0.3) is 0 Å². The molecule has 7 nitrogen and oxygen atoms in total. The van der Waals surface area contributed by atoms with Crippen LogP contribution in [0.1, 0.15) is 18.3 Å². The van der Waals surface area contributed by atoms with Gasteiger partial charge in [0.05, 0.1) is 0 Å². The molecule has 0 unspecified atom stereocenters. The molecule has 23 heavy (non-hydrogen) atoms. The van der Waals surface area contributed by atoms with Gasteiger partial charge in [-0.25, -0.2) is 14.8 Å². The molecule has 7 heteroatoms. The van der Waals surface area contributed by atoms with Crippen LogP contribution in [0.25, 0.3) is 5.82 Å².